The molecule has 4 heteroatoms. The number of fused-ring (bicyclic) bond motifs is 13. The zero-order valence-corrected chi connectivity index (χ0v) is 30.1. The smallest absolute Gasteiger partial charge is 0.164 e. The highest BCUT2D eigenvalue weighted by molar-refractivity contribution is 6.17. The number of furan rings is 1. The van der Waals surface area contributed by atoms with Crippen molar-refractivity contribution in [2.75, 3.05) is 0 Å². The van der Waals surface area contributed by atoms with Crippen LogP contribution in [0.5, 0.6) is 0 Å². The Morgan fingerprint density at radius 3 is 1.29 bits per heavy atom. The molecule has 2 heterocycles. The minimum absolute atomic E-state index is 0.431. The van der Waals surface area contributed by atoms with E-state index in [1.165, 1.54) is 44.5 Å². The van der Waals surface area contributed by atoms with Crippen LogP contribution in [0.25, 0.3) is 89.5 Å². The van der Waals surface area contributed by atoms with E-state index in [-0.39, 0.29) is 0 Å². The summed E-state index contributed by atoms with van der Waals surface area (Å²) >= 11 is 0. The Bertz CT molecular complexity index is 3080. The van der Waals surface area contributed by atoms with Gasteiger partial charge in [0, 0.05) is 27.5 Å². The SMILES string of the molecule is c1ccc(-c2nc(-c3ccccc3)nc(-c3cccc4oc5cccc(-c6ccc7c(c6)C6(c8ccccc8-c8ccccc86)c6ccccc6-7)c5c34)n2)cc1. The summed E-state index contributed by atoms with van der Waals surface area (Å²) in [4.78, 5) is 15.2. The van der Waals surface area contributed by atoms with Crippen molar-refractivity contribution in [3.8, 4) is 67.5 Å². The molecular formula is C52H31N3O. The lowest BCUT2D eigenvalue weighted by molar-refractivity contribution is 0.669. The Morgan fingerprint density at radius 2 is 0.732 bits per heavy atom. The van der Waals surface area contributed by atoms with Crippen LogP contribution in [0.4, 0.5) is 0 Å². The average molecular weight is 714 g/mol. The van der Waals surface area contributed by atoms with Gasteiger partial charge in [0.1, 0.15) is 11.2 Å². The molecule has 0 fully saturated rings. The molecule has 56 heavy (non-hydrogen) atoms. The van der Waals surface area contributed by atoms with E-state index in [4.69, 9.17) is 19.4 Å². The lowest BCUT2D eigenvalue weighted by Crippen LogP contribution is -2.25. The summed E-state index contributed by atoms with van der Waals surface area (Å²) in [5.74, 6) is 1.85. The van der Waals surface area contributed by atoms with Crippen LogP contribution in [0.2, 0.25) is 0 Å². The first-order valence-corrected chi connectivity index (χ1v) is 19.0. The molecule has 0 N–H and O–H groups in total. The van der Waals surface area contributed by atoms with Gasteiger partial charge in [-0.25, -0.2) is 15.0 Å². The zero-order chi connectivity index (χ0) is 36.8. The summed E-state index contributed by atoms with van der Waals surface area (Å²) in [5.41, 5.74) is 16.6. The van der Waals surface area contributed by atoms with Gasteiger partial charge in [-0.1, -0.05) is 170 Å². The van der Waals surface area contributed by atoms with Crippen LogP contribution < -0.4 is 0 Å². The molecule has 4 nitrogen and oxygen atoms in total. The summed E-state index contributed by atoms with van der Waals surface area (Å²) in [6, 6.07) is 66.7. The van der Waals surface area contributed by atoms with Crippen molar-refractivity contribution in [2.24, 2.45) is 0 Å². The van der Waals surface area contributed by atoms with Crippen LogP contribution in [0.3, 0.4) is 0 Å². The molecule has 0 unspecified atom stereocenters. The number of hydrogen-bond acceptors (Lipinski definition) is 4. The third kappa shape index (κ3) is 4.27. The van der Waals surface area contributed by atoms with Crippen LogP contribution in [0.15, 0.2) is 192 Å². The van der Waals surface area contributed by atoms with Crippen LogP contribution in [0.1, 0.15) is 22.3 Å². The molecule has 10 aromatic rings. The van der Waals surface area contributed by atoms with E-state index < -0.39 is 5.41 Å². The Kier molecular flexibility index (Phi) is 6.52. The minimum atomic E-state index is -0.431. The van der Waals surface area contributed by atoms with Gasteiger partial charge in [0.2, 0.25) is 0 Å². The normalized spacial score (nSPS) is 13.1. The number of rotatable bonds is 4. The molecule has 260 valence electrons. The molecule has 2 aliphatic rings. The highest BCUT2D eigenvalue weighted by Gasteiger charge is 2.51. The van der Waals surface area contributed by atoms with Gasteiger partial charge in [-0.05, 0) is 73.8 Å². The molecular weight excluding hydrogens is 683 g/mol. The van der Waals surface area contributed by atoms with Gasteiger partial charge in [0.05, 0.1) is 5.41 Å². The van der Waals surface area contributed by atoms with Gasteiger partial charge in [-0.2, -0.15) is 0 Å². The van der Waals surface area contributed by atoms with Crippen molar-refractivity contribution in [3.63, 3.8) is 0 Å². The molecule has 0 saturated carbocycles. The third-order valence-electron chi connectivity index (χ3n) is 11.8. The van der Waals surface area contributed by atoms with E-state index in [1.54, 1.807) is 0 Å². The Labute approximate surface area is 323 Å². The second kappa shape index (κ2) is 11.8. The maximum Gasteiger partial charge on any atom is 0.164 e. The van der Waals surface area contributed by atoms with E-state index in [2.05, 4.69) is 115 Å². The fraction of sp³-hybridized carbons (Fsp3) is 0.0192. The number of benzene rings is 8. The standard InChI is InChI=1S/C52H31N3O/c1-3-15-32(16-4-1)49-53-50(33-17-5-2-6-18-33)55-51(54-49)40-23-14-28-46-48(40)47-35(22-13-27-45(47)56-46)34-29-30-39-38-21-9-12-26-43(38)52(44(39)31-34)41-24-10-7-19-36(41)37-20-8-11-25-42(37)52/h1-31H. The summed E-state index contributed by atoms with van der Waals surface area (Å²) in [5, 5.41) is 2.02. The monoisotopic (exact) mass is 713 g/mol. The van der Waals surface area contributed by atoms with E-state index in [1.807, 2.05) is 72.8 Å². The predicted molar refractivity (Wildman–Crippen MR) is 225 cm³/mol. The first kappa shape index (κ1) is 31.0. The van der Waals surface area contributed by atoms with Gasteiger partial charge in [0.25, 0.3) is 0 Å². The van der Waals surface area contributed by atoms with Crippen molar-refractivity contribution in [2.45, 2.75) is 5.41 Å². The predicted octanol–water partition coefficient (Wildman–Crippen LogP) is 12.8. The third-order valence-corrected chi connectivity index (χ3v) is 11.8. The van der Waals surface area contributed by atoms with Crippen LogP contribution in [-0.4, -0.2) is 15.0 Å². The van der Waals surface area contributed by atoms with Crippen LogP contribution in [-0.2, 0) is 5.41 Å². The number of hydrogen-bond donors (Lipinski definition) is 0. The first-order valence-electron chi connectivity index (χ1n) is 19.0. The molecule has 2 aliphatic carbocycles. The first-order chi connectivity index (χ1) is 27.8. The minimum Gasteiger partial charge on any atom is -0.456 e. The summed E-state index contributed by atoms with van der Waals surface area (Å²) < 4.78 is 6.66. The van der Waals surface area contributed by atoms with E-state index in [0.717, 1.165) is 49.8 Å². The van der Waals surface area contributed by atoms with Gasteiger partial charge in [-0.3, -0.25) is 0 Å². The fourth-order valence-electron chi connectivity index (χ4n) is 9.48. The van der Waals surface area contributed by atoms with E-state index in [9.17, 15) is 0 Å². The van der Waals surface area contributed by atoms with Crippen molar-refractivity contribution in [3.05, 3.63) is 210 Å². The van der Waals surface area contributed by atoms with Crippen molar-refractivity contribution in [1.29, 1.82) is 0 Å². The maximum atomic E-state index is 6.66. The topological polar surface area (TPSA) is 51.8 Å². The summed E-state index contributed by atoms with van der Waals surface area (Å²) in [6.07, 6.45) is 0. The number of nitrogens with zero attached hydrogens (tertiary/aromatic N) is 3. The molecule has 0 atom stereocenters. The molecule has 1 spiro atoms. The Hall–Kier alpha value is -7.43. The summed E-state index contributed by atoms with van der Waals surface area (Å²) in [7, 11) is 0. The Morgan fingerprint density at radius 1 is 0.304 bits per heavy atom. The molecule has 0 amide bonds. The lowest BCUT2D eigenvalue weighted by Gasteiger charge is -2.30. The van der Waals surface area contributed by atoms with Crippen molar-refractivity contribution < 1.29 is 4.42 Å². The second-order valence-corrected chi connectivity index (χ2v) is 14.6. The second-order valence-electron chi connectivity index (χ2n) is 14.6. The van der Waals surface area contributed by atoms with Gasteiger partial charge in [0.15, 0.2) is 17.5 Å². The molecule has 0 aliphatic heterocycles. The number of aromatic nitrogens is 3. The molecule has 12 rings (SSSR count). The average Bonchev–Trinajstić information content (AvgIpc) is 3.91. The largest absolute Gasteiger partial charge is 0.456 e. The van der Waals surface area contributed by atoms with Gasteiger partial charge in [-0.15, -0.1) is 0 Å². The van der Waals surface area contributed by atoms with Gasteiger partial charge >= 0.3 is 0 Å². The molecule has 0 radical (unpaired) electrons. The Balaban J connectivity index is 1.12. The fourth-order valence-corrected chi connectivity index (χ4v) is 9.48. The molecule has 8 aromatic carbocycles. The van der Waals surface area contributed by atoms with Crippen LogP contribution >= 0.6 is 0 Å². The highest BCUT2D eigenvalue weighted by Crippen LogP contribution is 2.63. The van der Waals surface area contributed by atoms with Crippen LogP contribution in [0, 0.1) is 0 Å². The zero-order valence-electron chi connectivity index (χ0n) is 30.1. The quantitative estimate of drug-likeness (QED) is 0.182. The van der Waals surface area contributed by atoms with Gasteiger partial charge < -0.3 is 4.42 Å². The van der Waals surface area contributed by atoms with E-state index >= 15 is 0 Å². The molecule has 0 saturated heterocycles. The van der Waals surface area contributed by atoms with Crippen molar-refractivity contribution in [1.82, 2.24) is 15.0 Å². The lowest BCUT2D eigenvalue weighted by atomic mass is 9.70. The van der Waals surface area contributed by atoms with Crippen molar-refractivity contribution >= 4 is 21.9 Å². The highest BCUT2D eigenvalue weighted by atomic mass is 16.3. The maximum absolute atomic E-state index is 6.66. The van der Waals surface area contributed by atoms with E-state index in [0.29, 0.717) is 17.5 Å². The molecule has 0 bridgehead atoms. The molecule has 2 aromatic heterocycles. The summed E-state index contributed by atoms with van der Waals surface area (Å²) in [6.45, 7) is 0.